The Hall–Kier alpha value is -3.33. The zero-order valence-electron chi connectivity index (χ0n) is 18.2. The minimum absolute atomic E-state index is 0.000927. The number of halogens is 4. The van der Waals surface area contributed by atoms with Gasteiger partial charge in [-0.15, -0.1) is 0 Å². The van der Waals surface area contributed by atoms with Crippen LogP contribution in [0.25, 0.3) is 0 Å². The van der Waals surface area contributed by atoms with E-state index >= 15 is 0 Å². The smallest absolute Gasteiger partial charge is 0.416 e. The number of carbonyl (C=O) groups excluding carboxylic acids is 3. The summed E-state index contributed by atoms with van der Waals surface area (Å²) in [6.45, 7) is 0.563. The Morgan fingerprint density at radius 2 is 1.74 bits per heavy atom. The van der Waals surface area contributed by atoms with E-state index in [0.29, 0.717) is 6.07 Å². The molecular weight excluding hydrogens is 486 g/mol. The van der Waals surface area contributed by atoms with Gasteiger partial charge in [-0.3, -0.25) is 0 Å². The molecule has 3 saturated heterocycles. The summed E-state index contributed by atoms with van der Waals surface area (Å²) < 4.78 is 70.8. The molecule has 4 rings (SSSR count). The van der Waals surface area contributed by atoms with Gasteiger partial charge in [-0.25, -0.2) is 18.8 Å². The maximum absolute atomic E-state index is 13.7. The minimum Gasteiger partial charge on any atom is -0.447 e. The molecule has 3 N–H and O–H groups in total. The van der Waals surface area contributed by atoms with Crippen LogP contribution in [0.5, 0.6) is 0 Å². The van der Waals surface area contributed by atoms with Crippen LogP contribution in [-0.4, -0.2) is 86.0 Å². The summed E-state index contributed by atoms with van der Waals surface area (Å²) in [6, 6.07) is 1.66. The molecule has 1 aromatic rings. The SMILES string of the molecule is O=C1N[C@H](CO)CO1.O=C1N[C@H](COC(=O)N2CC(OCc3ccc(C(F)(F)F)cc3F)C2)CO1. The average Bonchev–Trinajstić information content (AvgIpc) is 3.39. The first-order valence-corrected chi connectivity index (χ1v) is 10.4. The summed E-state index contributed by atoms with van der Waals surface area (Å²) in [7, 11) is 0. The highest BCUT2D eigenvalue weighted by atomic mass is 19.4. The minimum atomic E-state index is -4.61. The lowest BCUT2D eigenvalue weighted by molar-refractivity contribution is -0.137. The molecule has 0 aliphatic carbocycles. The van der Waals surface area contributed by atoms with Crippen molar-refractivity contribution >= 4 is 18.3 Å². The van der Waals surface area contributed by atoms with Crippen molar-refractivity contribution in [1.82, 2.24) is 15.5 Å². The van der Waals surface area contributed by atoms with E-state index in [-0.39, 0.29) is 63.8 Å². The summed E-state index contributed by atoms with van der Waals surface area (Å²) in [4.78, 5) is 34.2. The van der Waals surface area contributed by atoms with E-state index < -0.39 is 41.9 Å². The number of likely N-dealkylation sites (tertiary alicyclic amines) is 1. The maximum Gasteiger partial charge on any atom is 0.416 e. The summed E-state index contributed by atoms with van der Waals surface area (Å²) in [5.41, 5.74) is -1.06. The Labute approximate surface area is 196 Å². The largest absolute Gasteiger partial charge is 0.447 e. The summed E-state index contributed by atoms with van der Waals surface area (Å²) in [5, 5.41) is 13.2. The van der Waals surface area contributed by atoms with Crippen LogP contribution in [0, 0.1) is 5.82 Å². The molecule has 0 unspecified atom stereocenters. The van der Waals surface area contributed by atoms with Crippen molar-refractivity contribution < 1.29 is 56.0 Å². The van der Waals surface area contributed by atoms with Gasteiger partial charge in [0, 0.05) is 5.56 Å². The van der Waals surface area contributed by atoms with Crippen LogP contribution >= 0.6 is 0 Å². The second-order valence-corrected chi connectivity index (χ2v) is 7.78. The fourth-order valence-corrected chi connectivity index (χ4v) is 3.04. The highest BCUT2D eigenvalue weighted by Crippen LogP contribution is 2.30. The number of aliphatic hydroxyl groups excluding tert-OH is 1. The van der Waals surface area contributed by atoms with Gasteiger partial charge in [0.05, 0.1) is 44.0 Å². The summed E-state index contributed by atoms with van der Waals surface area (Å²) in [6.07, 6.45) is -6.57. The molecule has 2 atom stereocenters. The second kappa shape index (κ2) is 11.4. The first-order chi connectivity index (χ1) is 16.5. The van der Waals surface area contributed by atoms with Crippen LogP contribution < -0.4 is 10.6 Å². The third kappa shape index (κ3) is 7.58. The van der Waals surface area contributed by atoms with Crippen LogP contribution in [0.1, 0.15) is 11.1 Å². The number of hydrogen-bond donors (Lipinski definition) is 3. The first-order valence-electron chi connectivity index (χ1n) is 10.4. The Kier molecular flexibility index (Phi) is 8.56. The molecule has 35 heavy (non-hydrogen) atoms. The molecule has 11 nitrogen and oxygen atoms in total. The van der Waals surface area contributed by atoms with Gasteiger partial charge < -0.3 is 39.6 Å². The molecule has 3 heterocycles. The van der Waals surface area contributed by atoms with Crippen LogP contribution in [0.4, 0.5) is 31.9 Å². The number of benzene rings is 1. The molecule has 3 amide bonds. The van der Waals surface area contributed by atoms with Gasteiger partial charge in [0.15, 0.2) is 0 Å². The molecule has 194 valence electrons. The Morgan fingerprint density at radius 1 is 1.11 bits per heavy atom. The fraction of sp³-hybridized carbons (Fsp3) is 0.550. The third-order valence-electron chi connectivity index (χ3n) is 5.06. The molecule has 15 heteroatoms. The second-order valence-electron chi connectivity index (χ2n) is 7.78. The quantitative estimate of drug-likeness (QED) is 0.387. The Bertz CT molecular complexity index is 926. The number of cyclic esters (lactones) is 2. The third-order valence-corrected chi connectivity index (χ3v) is 5.06. The van der Waals surface area contributed by atoms with Crippen molar-refractivity contribution in [2.75, 3.05) is 39.5 Å². The number of alkyl halides is 3. The van der Waals surface area contributed by atoms with Crippen molar-refractivity contribution in [3.8, 4) is 0 Å². The van der Waals surface area contributed by atoms with E-state index in [1.54, 1.807) is 0 Å². The topological polar surface area (TPSA) is 136 Å². The molecule has 0 saturated carbocycles. The number of ether oxygens (including phenoxy) is 4. The lowest BCUT2D eigenvalue weighted by Crippen LogP contribution is -2.55. The maximum atomic E-state index is 13.7. The van der Waals surface area contributed by atoms with E-state index in [0.717, 1.165) is 12.1 Å². The lowest BCUT2D eigenvalue weighted by atomic mass is 10.1. The molecule has 3 aliphatic heterocycles. The van der Waals surface area contributed by atoms with Crippen molar-refractivity contribution in [3.63, 3.8) is 0 Å². The van der Waals surface area contributed by atoms with Crippen molar-refractivity contribution in [3.05, 3.63) is 35.1 Å². The molecule has 3 fully saturated rings. The van der Waals surface area contributed by atoms with E-state index in [4.69, 9.17) is 14.6 Å². The van der Waals surface area contributed by atoms with Gasteiger partial charge in [-0.2, -0.15) is 13.2 Å². The molecule has 1 aromatic carbocycles. The van der Waals surface area contributed by atoms with Crippen LogP contribution in [0.3, 0.4) is 0 Å². The van der Waals surface area contributed by atoms with Gasteiger partial charge in [0.25, 0.3) is 0 Å². The highest BCUT2D eigenvalue weighted by Gasteiger charge is 2.34. The molecule has 0 spiro atoms. The standard InChI is InChI=1S/C16H16F4N2O5.C4H7NO3/c17-13-3-10(16(18,19)20)2-1-9(13)6-25-12-4-22(5-12)15(24)27-8-11-7-26-14(23)21-11;6-1-3-2-8-4(7)5-3/h1-3,11-12H,4-8H2,(H,21,23);3,6H,1-2H2,(H,5,7)/t11-;3-/m01/s1. The summed E-state index contributed by atoms with van der Waals surface area (Å²) >= 11 is 0. The predicted molar refractivity (Wildman–Crippen MR) is 107 cm³/mol. The molecular formula is C20H23F4N3O8. The van der Waals surface area contributed by atoms with Crippen molar-refractivity contribution in [1.29, 1.82) is 0 Å². The number of nitrogens with one attached hydrogen (secondary N) is 2. The monoisotopic (exact) mass is 509 g/mol. The number of hydrogen-bond acceptors (Lipinski definition) is 8. The van der Waals surface area contributed by atoms with Gasteiger partial charge in [0.2, 0.25) is 0 Å². The molecule has 0 aromatic heterocycles. The number of rotatable bonds is 6. The number of carbonyl (C=O) groups is 3. The average molecular weight is 509 g/mol. The van der Waals surface area contributed by atoms with E-state index in [2.05, 4.69) is 20.1 Å². The number of alkyl carbamates (subject to hydrolysis) is 2. The number of nitrogens with zero attached hydrogens (tertiary/aromatic N) is 1. The highest BCUT2D eigenvalue weighted by molar-refractivity contribution is 5.70. The zero-order valence-corrected chi connectivity index (χ0v) is 18.2. The molecule has 3 aliphatic rings. The molecule has 0 bridgehead atoms. The fourth-order valence-electron chi connectivity index (χ4n) is 3.04. The van der Waals surface area contributed by atoms with Crippen LogP contribution in [-0.2, 0) is 31.7 Å². The van der Waals surface area contributed by atoms with Gasteiger partial charge in [-0.1, -0.05) is 6.07 Å². The van der Waals surface area contributed by atoms with E-state index in [9.17, 15) is 31.9 Å². The van der Waals surface area contributed by atoms with E-state index in [1.807, 2.05) is 0 Å². The molecule has 0 radical (unpaired) electrons. The van der Waals surface area contributed by atoms with E-state index in [1.165, 1.54) is 4.90 Å². The Morgan fingerprint density at radius 3 is 2.23 bits per heavy atom. The van der Waals surface area contributed by atoms with Crippen LogP contribution in [0.15, 0.2) is 18.2 Å². The van der Waals surface area contributed by atoms with Crippen LogP contribution in [0.2, 0.25) is 0 Å². The zero-order chi connectivity index (χ0) is 25.6. The van der Waals surface area contributed by atoms with Crippen molar-refractivity contribution in [2.45, 2.75) is 31.0 Å². The first kappa shape index (κ1) is 26.3. The number of aliphatic hydroxyl groups is 1. The van der Waals surface area contributed by atoms with Crippen molar-refractivity contribution in [2.24, 2.45) is 0 Å². The van der Waals surface area contributed by atoms with Gasteiger partial charge >= 0.3 is 24.5 Å². The summed E-state index contributed by atoms with van der Waals surface area (Å²) in [5.74, 6) is -0.999. The Balaban J connectivity index is 0.000000363. The number of amides is 3. The predicted octanol–water partition coefficient (Wildman–Crippen LogP) is 1.38. The normalized spacial score (nSPS) is 21.7. The van der Waals surface area contributed by atoms with Gasteiger partial charge in [0.1, 0.15) is 31.7 Å². The lowest BCUT2D eigenvalue weighted by Gasteiger charge is -2.38. The van der Waals surface area contributed by atoms with Gasteiger partial charge in [-0.05, 0) is 12.1 Å².